The molecule has 1 unspecified atom stereocenters. The van der Waals surface area contributed by atoms with E-state index in [-0.39, 0.29) is 17.3 Å². The molecule has 1 atom stereocenters. The number of ether oxygens (including phenoxy) is 2. The van der Waals surface area contributed by atoms with Crippen molar-refractivity contribution in [1.29, 1.82) is 0 Å². The van der Waals surface area contributed by atoms with Gasteiger partial charge in [-0.2, -0.15) is 0 Å². The second-order valence-corrected chi connectivity index (χ2v) is 10.9. The van der Waals surface area contributed by atoms with Gasteiger partial charge in [0.25, 0.3) is 0 Å². The fourth-order valence-electron chi connectivity index (χ4n) is 3.23. The van der Waals surface area contributed by atoms with Crippen LogP contribution in [0.2, 0.25) is 0 Å². The van der Waals surface area contributed by atoms with Gasteiger partial charge in [0.15, 0.2) is 0 Å². The Balaban J connectivity index is 2.87. The maximum Gasteiger partial charge on any atom is 0.410 e. The maximum atomic E-state index is 13.0. The van der Waals surface area contributed by atoms with Gasteiger partial charge in [-0.25, -0.2) is 4.79 Å². The fraction of sp³-hybridized carbons (Fsp3) is 0.680. The first-order chi connectivity index (χ1) is 13.4. The van der Waals surface area contributed by atoms with Crippen molar-refractivity contribution in [3.8, 4) is 0 Å². The van der Waals surface area contributed by atoms with Gasteiger partial charge in [0, 0.05) is 18.0 Å². The molecule has 0 aromatic heterocycles. The molecule has 1 amide bonds. The van der Waals surface area contributed by atoms with Crippen LogP contribution in [-0.2, 0) is 19.7 Å². The number of hydrogen-bond donors (Lipinski definition) is 0. The first-order valence-electron chi connectivity index (χ1n) is 10.7. The van der Waals surface area contributed by atoms with Crippen LogP contribution in [0.4, 0.5) is 4.79 Å². The summed E-state index contributed by atoms with van der Waals surface area (Å²) in [6.45, 7) is 19.3. The van der Waals surface area contributed by atoms with E-state index in [9.17, 15) is 9.59 Å². The third-order valence-electron chi connectivity index (χ3n) is 6.14. The summed E-state index contributed by atoms with van der Waals surface area (Å²) in [6.07, 6.45) is 0.0577. The first-order valence-corrected chi connectivity index (χ1v) is 10.7. The van der Waals surface area contributed by atoms with E-state index in [1.54, 1.807) is 11.9 Å². The normalized spacial score (nSPS) is 14.1. The Hall–Kier alpha value is -2.04. The van der Waals surface area contributed by atoms with E-state index in [1.165, 1.54) is 0 Å². The highest BCUT2D eigenvalue weighted by Gasteiger charge is 2.43. The quantitative estimate of drug-likeness (QED) is 0.512. The largest absolute Gasteiger partial charge is 0.459 e. The minimum absolute atomic E-state index is 0.269. The Morgan fingerprint density at radius 1 is 0.900 bits per heavy atom. The van der Waals surface area contributed by atoms with Crippen LogP contribution in [0.1, 0.15) is 81.2 Å². The second-order valence-electron chi connectivity index (χ2n) is 10.9. The number of rotatable bonds is 7. The maximum absolute atomic E-state index is 13.0. The molecule has 0 N–H and O–H groups in total. The topological polar surface area (TPSA) is 55.8 Å². The summed E-state index contributed by atoms with van der Waals surface area (Å²) >= 11 is 0. The molecular formula is C25H41NO4. The molecule has 1 rings (SSSR count). The van der Waals surface area contributed by atoms with Crippen LogP contribution in [0.15, 0.2) is 30.3 Å². The number of benzene rings is 1. The summed E-state index contributed by atoms with van der Waals surface area (Å²) in [5, 5.41) is 0. The molecule has 1 aromatic carbocycles. The van der Waals surface area contributed by atoms with Crippen molar-refractivity contribution in [3.05, 3.63) is 35.9 Å². The van der Waals surface area contributed by atoms with Gasteiger partial charge in [0.05, 0.1) is 5.92 Å². The monoisotopic (exact) mass is 419 g/mol. The van der Waals surface area contributed by atoms with Gasteiger partial charge in [-0.1, -0.05) is 51.1 Å². The van der Waals surface area contributed by atoms with E-state index in [1.807, 2.05) is 73.6 Å². The van der Waals surface area contributed by atoms with Crippen LogP contribution in [0, 0.1) is 5.92 Å². The van der Waals surface area contributed by atoms with E-state index >= 15 is 0 Å². The standard InChI is InChI=1S/C25H41NO4/c1-18(17-23(5,6)26(11)21(28)30-22(2,3)4)20(27)29-25(9,10)24(7,8)19-15-13-12-14-16-19/h12-16,18H,17H2,1-11H3. The lowest BCUT2D eigenvalue weighted by molar-refractivity contribution is -0.168. The molecule has 0 saturated carbocycles. The Bertz CT molecular complexity index is 729. The molecule has 0 aliphatic carbocycles. The van der Waals surface area contributed by atoms with E-state index in [0.29, 0.717) is 6.42 Å². The third-order valence-corrected chi connectivity index (χ3v) is 6.14. The number of hydrogen-bond acceptors (Lipinski definition) is 4. The molecule has 0 aliphatic heterocycles. The molecular weight excluding hydrogens is 378 g/mol. The van der Waals surface area contributed by atoms with Crippen LogP contribution in [0.3, 0.4) is 0 Å². The summed E-state index contributed by atoms with van der Waals surface area (Å²) in [5.41, 5.74) is -1.10. The third kappa shape index (κ3) is 6.48. The Labute approximate surface area is 183 Å². The highest BCUT2D eigenvalue weighted by molar-refractivity contribution is 5.73. The van der Waals surface area contributed by atoms with Crippen molar-refractivity contribution in [2.45, 2.75) is 97.8 Å². The van der Waals surface area contributed by atoms with Gasteiger partial charge in [-0.3, -0.25) is 4.79 Å². The fourth-order valence-corrected chi connectivity index (χ4v) is 3.23. The lowest BCUT2D eigenvalue weighted by atomic mass is 9.71. The zero-order valence-corrected chi connectivity index (χ0v) is 20.8. The van der Waals surface area contributed by atoms with Crippen LogP contribution < -0.4 is 0 Å². The molecule has 5 nitrogen and oxygen atoms in total. The van der Waals surface area contributed by atoms with Gasteiger partial charge < -0.3 is 14.4 Å². The van der Waals surface area contributed by atoms with Crippen LogP contribution >= 0.6 is 0 Å². The van der Waals surface area contributed by atoms with Crippen LogP contribution in [0.5, 0.6) is 0 Å². The summed E-state index contributed by atoms with van der Waals surface area (Å²) in [4.78, 5) is 27.0. The summed E-state index contributed by atoms with van der Waals surface area (Å²) < 4.78 is 11.5. The van der Waals surface area contributed by atoms with Gasteiger partial charge in [0.1, 0.15) is 11.2 Å². The van der Waals surface area contributed by atoms with Gasteiger partial charge in [-0.05, 0) is 60.5 Å². The summed E-state index contributed by atoms with van der Waals surface area (Å²) in [7, 11) is 1.70. The number of amides is 1. The Kier molecular flexibility index (Phi) is 7.79. The van der Waals surface area contributed by atoms with E-state index in [4.69, 9.17) is 9.47 Å². The van der Waals surface area contributed by atoms with Gasteiger partial charge in [-0.15, -0.1) is 0 Å². The molecule has 1 aromatic rings. The second kappa shape index (κ2) is 8.99. The highest BCUT2D eigenvalue weighted by Crippen LogP contribution is 2.38. The minimum Gasteiger partial charge on any atom is -0.459 e. The lowest BCUT2D eigenvalue weighted by Crippen LogP contribution is -2.50. The Morgan fingerprint density at radius 2 is 1.40 bits per heavy atom. The summed E-state index contributed by atoms with van der Waals surface area (Å²) in [5.74, 6) is -0.648. The number of nitrogens with zero attached hydrogens (tertiary/aromatic N) is 1. The van der Waals surface area contributed by atoms with Gasteiger partial charge in [0.2, 0.25) is 0 Å². The molecule has 0 radical (unpaired) electrons. The van der Waals surface area contributed by atoms with Crippen LogP contribution in [-0.4, -0.2) is 40.8 Å². The predicted molar refractivity (Wildman–Crippen MR) is 121 cm³/mol. The first kappa shape index (κ1) is 26.0. The molecule has 0 spiro atoms. The van der Waals surface area contributed by atoms with Crippen molar-refractivity contribution in [1.82, 2.24) is 4.90 Å². The van der Waals surface area contributed by atoms with Crippen molar-refractivity contribution < 1.29 is 19.1 Å². The summed E-state index contributed by atoms with van der Waals surface area (Å²) in [6, 6.07) is 10.1. The van der Waals surface area contributed by atoms with Crippen molar-refractivity contribution in [3.63, 3.8) is 0 Å². The molecule has 0 heterocycles. The van der Waals surface area contributed by atoms with E-state index in [0.717, 1.165) is 5.56 Å². The minimum atomic E-state index is -0.707. The Morgan fingerprint density at radius 3 is 1.87 bits per heavy atom. The van der Waals surface area contributed by atoms with Crippen molar-refractivity contribution in [2.24, 2.45) is 5.92 Å². The van der Waals surface area contributed by atoms with Crippen molar-refractivity contribution >= 4 is 12.1 Å². The molecule has 0 bridgehead atoms. The average Bonchev–Trinajstić information content (AvgIpc) is 2.59. The number of carbonyl (C=O) groups is 2. The molecule has 170 valence electrons. The van der Waals surface area contributed by atoms with Crippen LogP contribution in [0.25, 0.3) is 0 Å². The number of carbonyl (C=O) groups excluding carboxylic acids is 2. The van der Waals surface area contributed by atoms with E-state index < -0.39 is 22.8 Å². The SMILES string of the molecule is CC(CC(C)(C)N(C)C(=O)OC(C)(C)C)C(=O)OC(C)(C)C(C)(C)c1ccccc1. The zero-order chi connectivity index (χ0) is 23.5. The molecule has 0 fully saturated rings. The number of esters is 1. The molecule has 0 aliphatic rings. The highest BCUT2D eigenvalue weighted by atomic mass is 16.6. The average molecular weight is 420 g/mol. The molecule has 5 heteroatoms. The zero-order valence-electron chi connectivity index (χ0n) is 20.8. The smallest absolute Gasteiger partial charge is 0.410 e. The molecule has 0 saturated heterocycles. The lowest BCUT2D eigenvalue weighted by Gasteiger charge is -2.42. The predicted octanol–water partition coefficient (Wildman–Crippen LogP) is 5.96. The van der Waals surface area contributed by atoms with E-state index in [2.05, 4.69) is 26.0 Å². The molecule has 30 heavy (non-hydrogen) atoms. The van der Waals surface area contributed by atoms with Gasteiger partial charge >= 0.3 is 12.1 Å². The van der Waals surface area contributed by atoms with Crippen molar-refractivity contribution in [2.75, 3.05) is 7.05 Å².